The van der Waals surface area contributed by atoms with E-state index in [1.807, 2.05) is 20.8 Å². The molecule has 0 unspecified atom stereocenters. The number of esters is 1. The average Bonchev–Trinajstić information content (AvgIpc) is 2.38. The van der Waals surface area contributed by atoms with Gasteiger partial charge in [0.15, 0.2) is 0 Å². The molecule has 1 N–H and O–H groups in total. The van der Waals surface area contributed by atoms with Gasteiger partial charge in [-0.05, 0) is 68.7 Å². The smallest absolute Gasteiger partial charge is 0.339 e. The monoisotopic (exact) mass is 340 g/mol. The summed E-state index contributed by atoms with van der Waals surface area (Å²) >= 11 is 3.54. The highest BCUT2D eigenvalue weighted by atomic mass is 79.9. The Morgan fingerprint density at radius 3 is 2.65 bits per heavy atom. The lowest BCUT2D eigenvalue weighted by atomic mass is 9.93. The second kappa shape index (κ2) is 6.22. The van der Waals surface area contributed by atoms with E-state index < -0.39 is 5.60 Å². The number of carbonyl (C=O) groups excluding carboxylic acids is 1. The van der Waals surface area contributed by atoms with E-state index in [9.17, 15) is 4.79 Å². The molecule has 0 spiro atoms. The van der Waals surface area contributed by atoms with E-state index in [4.69, 9.17) is 4.74 Å². The van der Waals surface area contributed by atoms with Crippen LogP contribution in [0, 0.1) is 0 Å². The van der Waals surface area contributed by atoms with E-state index in [0.29, 0.717) is 11.5 Å². The van der Waals surface area contributed by atoms with Crippen molar-refractivity contribution in [3.8, 4) is 0 Å². The summed E-state index contributed by atoms with van der Waals surface area (Å²) in [7, 11) is 0. The van der Waals surface area contributed by atoms with Crippen molar-refractivity contribution in [2.24, 2.45) is 0 Å². The van der Waals surface area contributed by atoms with Crippen LogP contribution in [0.2, 0.25) is 0 Å². The molecule has 1 fully saturated rings. The summed E-state index contributed by atoms with van der Waals surface area (Å²) in [5.74, 6) is 0.0926. The Hall–Kier alpha value is -0.940. The van der Waals surface area contributed by atoms with Gasteiger partial charge in [-0.1, -0.05) is 0 Å². The van der Waals surface area contributed by atoms with E-state index in [0.717, 1.165) is 36.1 Å². The fourth-order valence-electron chi connectivity index (χ4n) is 2.33. The van der Waals surface area contributed by atoms with Crippen molar-refractivity contribution < 1.29 is 9.53 Å². The van der Waals surface area contributed by atoms with Gasteiger partial charge in [-0.25, -0.2) is 4.79 Å². The van der Waals surface area contributed by atoms with Crippen molar-refractivity contribution in [1.29, 1.82) is 0 Å². The van der Waals surface area contributed by atoms with Crippen LogP contribution in [0.15, 0.2) is 16.7 Å². The standard InChI is InChI=1S/C15H21BrN2O2/c1-15(2,3)20-14(19)11-6-9-18-13(12(11)16)10-4-7-17-8-5-10/h6,9-10,17H,4-5,7-8H2,1-3H3. The maximum absolute atomic E-state index is 12.2. The van der Waals surface area contributed by atoms with Gasteiger partial charge in [0.2, 0.25) is 0 Å². The number of pyridine rings is 1. The second-order valence-electron chi connectivity index (χ2n) is 6.08. The van der Waals surface area contributed by atoms with Crippen LogP contribution in [0.4, 0.5) is 0 Å². The van der Waals surface area contributed by atoms with Crippen molar-refractivity contribution in [2.45, 2.75) is 45.1 Å². The molecule has 1 aromatic rings. The molecule has 110 valence electrons. The molecule has 0 radical (unpaired) electrons. The molecule has 5 heteroatoms. The molecule has 4 nitrogen and oxygen atoms in total. The van der Waals surface area contributed by atoms with Gasteiger partial charge in [0.1, 0.15) is 5.60 Å². The van der Waals surface area contributed by atoms with E-state index in [1.54, 1.807) is 12.3 Å². The SMILES string of the molecule is CC(C)(C)OC(=O)c1ccnc(C2CCNCC2)c1Br. The molecule has 20 heavy (non-hydrogen) atoms. The van der Waals surface area contributed by atoms with Crippen LogP contribution in [0.1, 0.15) is 55.6 Å². The number of carbonyl (C=O) groups is 1. The fourth-order valence-corrected chi connectivity index (χ4v) is 3.05. The van der Waals surface area contributed by atoms with Crippen LogP contribution in [0.25, 0.3) is 0 Å². The third kappa shape index (κ3) is 3.79. The van der Waals surface area contributed by atoms with Crippen LogP contribution < -0.4 is 5.32 Å². The third-order valence-electron chi connectivity index (χ3n) is 3.26. The molecule has 0 saturated carbocycles. The van der Waals surface area contributed by atoms with E-state index in [1.165, 1.54) is 0 Å². The van der Waals surface area contributed by atoms with Gasteiger partial charge in [0.05, 0.1) is 15.7 Å². The third-order valence-corrected chi connectivity index (χ3v) is 4.09. The lowest BCUT2D eigenvalue weighted by Gasteiger charge is -2.24. The Labute approximate surface area is 128 Å². The minimum Gasteiger partial charge on any atom is -0.456 e. The zero-order valence-electron chi connectivity index (χ0n) is 12.2. The highest BCUT2D eigenvalue weighted by Gasteiger charge is 2.25. The molecular weight excluding hydrogens is 320 g/mol. The summed E-state index contributed by atoms with van der Waals surface area (Å²) in [6.45, 7) is 7.60. The number of nitrogens with one attached hydrogen (secondary N) is 1. The highest BCUT2D eigenvalue weighted by Crippen LogP contribution is 2.32. The number of piperidine rings is 1. The van der Waals surface area contributed by atoms with Gasteiger partial charge >= 0.3 is 5.97 Å². The molecule has 2 heterocycles. The predicted octanol–water partition coefficient (Wildman–Crippen LogP) is 3.27. The number of rotatable bonds is 2. The van der Waals surface area contributed by atoms with Gasteiger partial charge in [-0.15, -0.1) is 0 Å². The second-order valence-corrected chi connectivity index (χ2v) is 6.88. The Morgan fingerprint density at radius 1 is 1.40 bits per heavy atom. The minimum absolute atomic E-state index is 0.304. The first-order valence-corrected chi connectivity index (χ1v) is 7.76. The minimum atomic E-state index is -0.491. The first-order chi connectivity index (χ1) is 9.38. The molecule has 0 bridgehead atoms. The van der Waals surface area contributed by atoms with Gasteiger partial charge in [0, 0.05) is 12.1 Å². The summed E-state index contributed by atoms with van der Waals surface area (Å²) in [6.07, 6.45) is 3.79. The fraction of sp³-hybridized carbons (Fsp3) is 0.600. The molecule has 0 aromatic carbocycles. The first kappa shape index (κ1) is 15.4. The van der Waals surface area contributed by atoms with E-state index in [2.05, 4.69) is 26.2 Å². The lowest BCUT2D eigenvalue weighted by Crippen LogP contribution is -2.28. The maximum atomic E-state index is 12.2. The molecule has 1 aliphatic rings. The van der Waals surface area contributed by atoms with Crippen LogP contribution >= 0.6 is 15.9 Å². The predicted molar refractivity (Wildman–Crippen MR) is 82.0 cm³/mol. The Bertz CT molecular complexity index is 491. The van der Waals surface area contributed by atoms with Gasteiger partial charge in [0.25, 0.3) is 0 Å². The van der Waals surface area contributed by atoms with E-state index >= 15 is 0 Å². The maximum Gasteiger partial charge on any atom is 0.339 e. The molecule has 2 rings (SSSR count). The summed E-state index contributed by atoms with van der Waals surface area (Å²) < 4.78 is 6.22. The van der Waals surface area contributed by atoms with Gasteiger partial charge in [-0.2, -0.15) is 0 Å². The van der Waals surface area contributed by atoms with Crippen LogP contribution in [0.5, 0.6) is 0 Å². The van der Waals surface area contributed by atoms with Crippen molar-refractivity contribution in [3.05, 3.63) is 28.0 Å². The molecule has 1 aliphatic heterocycles. The zero-order valence-corrected chi connectivity index (χ0v) is 13.8. The molecule has 0 aliphatic carbocycles. The van der Waals surface area contributed by atoms with Crippen molar-refractivity contribution >= 4 is 21.9 Å². The van der Waals surface area contributed by atoms with Crippen molar-refractivity contribution in [3.63, 3.8) is 0 Å². The lowest BCUT2D eigenvalue weighted by molar-refractivity contribution is 0.00681. The van der Waals surface area contributed by atoms with Crippen LogP contribution in [-0.2, 0) is 4.74 Å². The molecule has 1 aromatic heterocycles. The van der Waals surface area contributed by atoms with Crippen molar-refractivity contribution in [1.82, 2.24) is 10.3 Å². The molecule has 0 amide bonds. The quantitative estimate of drug-likeness (QED) is 0.839. The average molecular weight is 341 g/mol. The molecular formula is C15H21BrN2O2. The Kier molecular flexibility index (Phi) is 4.81. The van der Waals surface area contributed by atoms with Gasteiger partial charge in [-0.3, -0.25) is 4.98 Å². The number of hydrogen-bond donors (Lipinski definition) is 1. The van der Waals surface area contributed by atoms with Gasteiger partial charge < -0.3 is 10.1 Å². The zero-order chi connectivity index (χ0) is 14.8. The topological polar surface area (TPSA) is 51.2 Å². The Morgan fingerprint density at radius 2 is 2.05 bits per heavy atom. The largest absolute Gasteiger partial charge is 0.456 e. The first-order valence-electron chi connectivity index (χ1n) is 6.97. The van der Waals surface area contributed by atoms with Crippen LogP contribution in [-0.4, -0.2) is 29.6 Å². The summed E-state index contributed by atoms with van der Waals surface area (Å²) in [4.78, 5) is 16.7. The highest BCUT2D eigenvalue weighted by molar-refractivity contribution is 9.10. The normalized spacial score (nSPS) is 17.0. The molecule has 1 saturated heterocycles. The summed E-state index contributed by atoms with van der Waals surface area (Å²) in [5.41, 5.74) is 1.03. The number of hydrogen-bond acceptors (Lipinski definition) is 4. The number of aromatic nitrogens is 1. The van der Waals surface area contributed by atoms with Crippen LogP contribution in [0.3, 0.4) is 0 Å². The summed E-state index contributed by atoms with van der Waals surface area (Å²) in [5, 5.41) is 3.34. The van der Waals surface area contributed by atoms with Crippen molar-refractivity contribution in [2.75, 3.05) is 13.1 Å². The Balaban J connectivity index is 2.24. The number of ether oxygens (including phenoxy) is 1. The number of nitrogens with zero attached hydrogens (tertiary/aromatic N) is 1. The van der Waals surface area contributed by atoms with E-state index in [-0.39, 0.29) is 5.97 Å². The number of halogens is 1. The molecule has 0 atom stereocenters. The summed E-state index contributed by atoms with van der Waals surface area (Å²) in [6, 6.07) is 1.71.